The Kier molecular flexibility index (Phi) is 10.7. The number of benzene rings is 1. The minimum atomic E-state index is -0.970. The van der Waals surface area contributed by atoms with Crippen molar-refractivity contribution in [3.05, 3.63) is 29.3 Å². The maximum Gasteiger partial charge on any atom is 0.349 e. The number of likely N-dealkylation sites (tertiary alicyclic amines) is 1. The number of carbonyl (C=O) groups is 3. The molecule has 0 radical (unpaired) electrons. The van der Waals surface area contributed by atoms with Crippen LogP contribution >= 0.6 is 0 Å². The predicted octanol–water partition coefficient (Wildman–Crippen LogP) is 3.73. The third-order valence-electron chi connectivity index (χ3n) is 7.76. The van der Waals surface area contributed by atoms with E-state index >= 15 is 0 Å². The SMILES string of the molecule is COc1cc(C(=N)N)ccc1CNC(=O)[C@]1(C2CCCCCCC2)CCCN1C(=O)CN=CC(=O)OC(C)(C)C. The van der Waals surface area contributed by atoms with Crippen molar-refractivity contribution in [2.24, 2.45) is 16.6 Å². The number of nitrogens with two attached hydrogens (primary N) is 1. The molecule has 3 rings (SSSR count). The monoisotopic (exact) mass is 555 g/mol. The molecule has 2 amide bonds. The number of nitrogens with zero attached hydrogens (tertiary/aromatic N) is 2. The van der Waals surface area contributed by atoms with Crippen LogP contribution in [0.5, 0.6) is 5.75 Å². The van der Waals surface area contributed by atoms with Gasteiger partial charge in [-0.05, 0) is 58.4 Å². The van der Waals surface area contributed by atoms with Gasteiger partial charge in [-0.1, -0.05) is 44.2 Å². The molecule has 10 nitrogen and oxygen atoms in total. The number of carbonyl (C=O) groups excluding carboxylic acids is 3. The van der Waals surface area contributed by atoms with Gasteiger partial charge in [0.2, 0.25) is 11.8 Å². The molecule has 1 aromatic carbocycles. The molecule has 220 valence electrons. The van der Waals surface area contributed by atoms with E-state index in [-0.39, 0.29) is 36.7 Å². The molecule has 0 aromatic heterocycles. The Labute approximate surface area is 237 Å². The Hall–Kier alpha value is -3.43. The lowest BCUT2D eigenvalue weighted by Gasteiger charge is -2.44. The zero-order valence-corrected chi connectivity index (χ0v) is 24.4. The zero-order valence-electron chi connectivity index (χ0n) is 24.4. The second kappa shape index (κ2) is 13.8. The Balaban J connectivity index is 1.83. The lowest BCUT2D eigenvalue weighted by Crippen LogP contribution is -2.62. The number of amidine groups is 1. The van der Waals surface area contributed by atoms with Crippen molar-refractivity contribution in [2.45, 2.75) is 96.2 Å². The van der Waals surface area contributed by atoms with Crippen molar-refractivity contribution < 1.29 is 23.9 Å². The van der Waals surface area contributed by atoms with Crippen molar-refractivity contribution in [1.82, 2.24) is 10.2 Å². The topological polar surface area (TPSA) is 147 Å². The second-order valence-corrected chi connectivity index (χ2v) is 11.7. The van der Waals surface area contributed by atoms with Gasteiger partial charge < -0.3 is 25.4 Å². The molecule has 2 aliphatic rings. The summed E-state index contributed by atoms with van der Waals surface area (Å²) >= 11 is 0. The number of hydrogen-bond donors (Lipinski definition) is 3. The zero-order chi connectivity index (χ0) is 29.3. The molecule has 1 aliphatic heterocycles. The first kappa shape index (κ1) is 31.1. The first-order valence-corrected chi connectivity index (χ1v) is 14.3. The predicted molar refractivity (Wildman–Crippen MR) is 155 cm³/mol. The molecular formula is C30H45N5O5. The van der Waals surface area contributed by atoms with Crippen LogP contribution in [-0.2, 0) is 25.7 Å². The Bertz CT molecular complexity index is 1100. The minimum Gasteiger partial charge on any atom is -0.496 e. The van der Waals surface area contributed by atoms with Crippen LogP contribution in [0.4, 0.5) is 0 Å². The van der Waals surface area contributed by atoms with Crippen LogP contribution in [0, 0.1) is 11.3 Å². The summed E-state index contributed by atoms with van der Waals surface area (Å²) in [7, 11) is 1.54. The molecule has 1 saturated carbocycles. The van der Waals surface area contributed by atoms with Gasteiger partial charge in [0.1, 0.15) is 35.5 Å². The standard InChI is InChI=1S/C30H45N5O5/c1-29(2,3)40-26(37)20-33-19-25(36)35-16-10-15-30(35,23-11-8-6-5-7-9-12-23)28(38)34-18-22-14-13-21(27(31)32)17-24(22)39-4/h13-14,17,20,23H,5-12,15-16,18-19H2,1-4H3,(H3,31,32)(H,34,38)/t30-/m1/s1. The van der Waals surface area contributed by atoms with E-state index < -0.39 is 17.1 Å². The van der Waals surface area contributed by atoms with Crippen LogP contribution in [0.25, 0.3) is 0 Å². The Morgan fingerprint density at radius 1 is 1.15 bits per heavy atom. The molecule has 1 aromatic rings. The summed E-state index contributed by atoms with van der Waals surface area (Å²) < 4.78 is 10.7. The second-order valence-electron chi connectivity index (χ2n) is 11.7. The first-order valence-electron chi connectivity index (χ1n) is 14.3. The van der Waals surface area contributed by atoms with E-state index in [1.165, 1.54) is 13.5 Å². The molecule has 1 saturated heterocycles. The number of methoxy groups -OCH3 is 1. The van der Waals surface area contributed by atoms with Crippen molar-refractivity contribution >= 4 is 29.8 Å². The lowest BCUT2D eigenvalue weighted by molar-refractivity contribution is -0.148. The van der Waals surface area contributed by atoms with Crippen molar-refractivity contribution in [3.63, 3.8) is 0 Å². The van der Waals surface area contributed by atoms with E-state index in [9.17, 15) is 14.4 Å². The maximum atomic E-state index is 14.2. The molecule has 0 unspecified atom stereocenters. The van der Waals surface area contributed by atoms with Crippen molar-refractivity contribution in [2.75, 3.05) is 20.2 Å². The van der Waals surface area contributed by atoms with E-state index in [1.54, 1.807) is 43.9 Å². The van der Waals surface area contributed by atoms with Crippen molar-refractivity contribution in [1.29, 1.82) is 5.41 Å². The lowest BCUT2D eigenvalue weighted by atomic mass is 9.73. The normalized spacial score (nSPS) is 20.6. The fourth-order valence-electron chi connectivity index (χ4n) is 5.97. The van der Waals surface area contributed by atoms with Crippen LogP contribution in [0.15, 0.2) is 23.2 Å². The largest absolute Gasteiger partial charge is 0.496 e. The highest BCUT2D eigenvalue weighted by Gasteiger charge is 2.54. The molecule has 10 heteroatoms. The maximum absolute atomic E-state index is 14.2. The molecule has 0 bridgehead atoms. The van der Waals surface area contributed by atoms with Gasteiger partial charge in [-0.25, -0.2) is 4.79 Å². The summed E-state index contributed by atoms with van der Waals surface area (Å²) in [5, 5.41) is 10.8. The van der Waals surface area contributed by atoms with Crippen LogP contribution in [0.1, 0.15) is 89.7 Å². The molecule has 1 atom stereocenters. The van der Waals surface area contributed by atoms with Gasteiger partial charge in [0.05, 0.1) is 7.11 Å². The van der Waals surface area contributed by atoms with Gasteiger partial charge in [-0.2, -0.15) is 0 Å². The van der Waals surface area contributed by atoms with Crippen molar-refractivity contribution in [3.8, 4) is 5.75 Å². The number of rotatable bonds is 9. The van der Waals surface area contributed by atoms with Gasteiger partial charge in [0.15, 0.2) is 0 Å². The van der Waals surface area contributed by atoms with E-state index in [1.807, 2.05) is 0 Å². The van der Waals surface area contributed by atoms with Crippen LogP contribution in [-0.4, -0.2) is 66.1 Å². The number of nitrogens with one attached hydrogen (secondary N) is 2. The number of amides is 2. The van der Waals surface area contributed by atoms with Gasteiger partial charge in [0.25, 0.3) is 0 Å². The van der Waals surface area contributed by atoms with Gasteiger partial charge >= 0.3 is 5.97 Å². The highest BCUT2D eigenvalue weighted by atomic mass is 16.6. The quantitative estimate of drug-likeness (QED) is 0.240. The van der Waals surface area contributed by atoms with Crippen LogP contribution < -0.4 is 15.8 Å². The Morgan fingerprint density at radius 3 is 2.45 bits per heavy atom. The minimum absolute atomic E-state index is 0.0380. The highest BCUT2D eigenvalue weighted by Crippen LogP contribution is 2.42. The third-order valence-corrected chi connectivity index (χ3v) is 7.76. The number of nitrogen functional groups attached to an aromatic ring is 1. The van der Waals surface area contributed by atoms with Gasteiger partial charge in [0, 0.05) is 24.2 Å². The highest BCUT2D eigenvalue weighted by molar-refractivity contribution is 6.23. The number of esters is 1. The number of hydrogen-bond acceptors (Lipinski definition) is 7. The fourth-order valence-corrected chi connectivity index (χ4v) is 5.97. The first-order chi connectivity index (χ1) is 19.0. The summed E-state index contributed by atoms with van der Waals surface area (Å²) in [6, 6.07) is 5.20. The van der Waals surface area contributed by atoms with E-state index in [0.717, 1.165) is 56.7 Å². The van der Waals surface area contributed by atoms with Gasteiger partial charge in [-0.15, -0.1) is 0 Å². The summed E-state index contributed by atoms with van der Waals surface area (Å²) in [6.07, 6.45) is 9.64. The average Bonchev–Trinajstić information content (AvgIpc) is 3.32. The molecule has 0 spiro atoms. The Morgan fingerprint density at radius 2 is 1.82 bits per heavy atom. The van der Waals surface area contributed by atoms with E-state index in [2.05, 4.69) is 10.3 Å². The average molecular weight is 556 g/mol. The summed E-state index contributed by atoms with van der Waals surface area (Å²) in [6.45, 7) is 5.77. The fraction of sp³-hybridized carbons (Fsp3) is 0.633. The van der Waals surface area contributed by atoms with Gasteiger partial charge in [-0.3, -0.25) is 20.0 Å². The van der Waals surface area contributed by atoms with Crippen LogP contribution in [0.2, 0.25) is 0 Å². The third kappa shape index (κ3) is 7.82. The number of aliphatic imine (C=N–C) groups is 1. The van der Waals surface area contributed by atoms with E-state index in [4.69, 9.17) is 20.6 Å². The molecule has 2 fully saturated rings. The summed E-state index contributed by atoms with van der Waals surface area (Å²) in [4.78, 5) is 45.5. The smallest absolute Gasteiger partial charge is 0.349 e. The summed E-state index contributed by atoms with van der Waals surface area (Å²) in [5.41, 5.74) is 5.30. The molecule has 40 heavy (non-hydrogen) atoms. The number of ether oxygens (including phenoxy) is 2. The van der Waals surface area contributed by atoms with E-state index in [0.29, 0.717) is 24.3 Å². The molecule has 1 heterocycles. The summed E-state index contributed by atoms with van der Waals surface area (Å²) in [5.74, 6) is -0.530. The molecule has 1 aliphatic carbocycles. The van der Waals surface area contributed by atoms with Crippen LogP contribution in [0.3, 0.4) is 0 Å². The molecule has 4 N–H and O–H groups in total. The molecular weight excluding hydrogens is 510 g/mol.